The molecule has 0 radical (unpaired) electrons. The number of hydrogen-bond acceptors (Lipinski definition) is 6. The molecule has 0 spiro atoms. The molecule has 0 saturated heterocycles. The molecule has 8 heteroatoms. The number of ketones is 1. The highest BCUT2D eigenvalue weighted by Gasteiger charge is 2.14. The Kier molecular flexibility index (Phi) is 6.29. The van der Waals surface area contributed by atoms with E-state index in [0.717, 1.165) is 0 Å². The van der Waals surface area contributed by atoms with Gasteiger partial charge in [-0.25, -0.2) is 4.79 Å². The summed E-state index contributed by atoms with van der Waals surface area (Å²) in [5, 5.41) is 13.3. The minimum Gasteiger partial charge on any atom is -0.454 e. The molecule has 3 aromatic carbocycles. The number of amides is 1. The van der Waals surface area contributed by atoms with Crippen LogP contribution < -0.4 is 5.32 Å². The lowest BCUT2D eigenvalue weighted by molar-refractivity contribution is -0.384. The summed E-state index contributed by atoms with van der Waals surface area (Å²) in [6.45, 7) is -0.401. The molecule has 150 valence electrons. The molecule has 0 fully saturated rings. The van der Waals surface area contributed by atoms with Crippen LogP contribution in [-0.2, 0) is 4.74 Å². The number of Topliss-reactive ketones (excluding diaryl/α,β-unsaturated/α-hetero) is 1. The van der Waals surface area contributed by atoms with Gasteiger partial charge in [-0.2, -0.15) is 0 Å². The summed E-state index contributed by atoms with van der Waals surface area (Å²) in [5.41, 5.74) is 1.04. The highest BCUT2D eigenvalue weighted by molar-refractivity contribution is 6.05. The molecule has 0 atom stereocenters. The molecule has 1 amide bonds. The maximum absolute atomic E-state index is 12.3. The second kappa shape index (κ2) is 9.24. The minimum atomic E-state index is -0.703. The lowest BCUT2D eigenvalue weighted by Crippen LogP contribution is -2.15. The van der Waals surface area contributed by atoms with Gasteiger partial charge in [0.25, 0.3) is 11.6 Å². The summed E-state index contributed by atoms with van der Waals surface area (Å²) in [6, 6.07) is 19.6. The van der Waals surface area contributed by atoms with Gasteiger partial charge in [-0.1, -0.05) is 36.4 Å². The van der Waals surface area contributed by atoms with E-state index in [4.69, 9.17) is 4.74 Å². The predicted molar refractivity (Wildman–Crippen MR) is 109 cm³/mol. The highest BCUT2D eigenvalue weighted by Crippen LogP contribution is 2.16. The van der Waals surface area contributed by atoms with E-state index in [0.29, 0.717) is 11.3 Å². The molecule has 30 heavy (non-hydrogen) atoms. The Bertz CT molecular complexity index is 1090. The summed E-state index contributed by atoms with van der Waals surface area (Å²) < 4.78 is 5.06. The largest absolute Gasteiger partial charge is 0.454 e. The van der Waals surface area contributed by atoms with Crippen molar-refractivity contribution in [3.63, 3.8) is 0 Å². The number of carbonyl (C=O) groups is 3. The maximum Gasteiger partial charge on any atom is 0.338 e. The van der Waals surface area contributed by atoms with Crippen LogP contribution in [0.1, 0.15) is 31.1 Å². The number of non-ortho nitro benzene ring substituents is 1. The van der Waals surface area contributed by atoms with Crippen molar-refractivity contribution in [1.82, 2.24) is 0 Å². The van der Waals surface area contributed by atoms with Gasteiger partial charge in [0.05, 0.1) is 10.5 Å². The van der Waals surface area contributed by atoms with Gasteiger partial charge in [0, 0.05) is 28.9 Å². The van der Waals surface area contributed by atoms with E-state index >= 15 is 0 Å². The van der Waals surface area contributed by atoms with Crippen LogP contribution >= 0.6 is 0 Å². The molecule has 1 N–H and O–H groups in total. The van der Waals surface area contributed by atoms with Crippen LogP contribution in [-0.4, -0.2) is 29.2 Å². The first-order valence-corrected chi connectivity index (χ1v) is 8.85. The van der Waals surface area contributed by atoms with Crippen molar-refractivity contribution in [2.75, 3.05) is 11.9 Å². The van der Waals surface area contributed by atoms with Crippen molar-refractivity contribution in [3.8, 4) is 0 Å². The molecule has 0 unspecified atom stereocenters. The number of esters is 1. The number of benzene rings is 3. The van der Waals surface area contributed by atoms with Gasteiger partial charge in [0.15, 0.2) is 12.4 Å². The number of nitrogens with zero attached hydrogens (tertiary/aromatic N) is 1. The number of nitro benzene ring substituents is 1. The first-order valence-electron chi connectivity index (χ1n) is 8.85. The summed E-state index contributed by atoms with van der Waals surface area (Å²) in [5.74, 6) is -1.52. The number of ether oxygens (including phenoxy) is 1. The van der Waals surface area contributed by atoms with Gasteiger partial charge in [0.1, 0.15) is 0 Å². The molecule has 0 heterocycles. The van der Waals surface area contributed by atoms with Crippen molar-refractivity contribution >= 4 is 29.0 Å². The van der Waals surface area contributed by atoms with Crippen LogP contribution in [0, 0.1) is 10.1 Å². The molecule has 0 aliphatic rings. The lowest BCUT2D eigenvalue weighted by Gasteiger charge is -2.08. The topological polar surface area (TPSA) is 116 Å². The van der Waals surface area contributed by atoms with Crippen LogP contribution in [0.15, 0.2) is 78.9 Å². The fourth-order valence-electron chi connectivity index (χ4n) is 2.58. The summed E-state index contributed by atoms with van der Waals surface area (Å²) >= 11 is 0. The normalized spacial score (nSPS) is 10.1. The number of nitrogens with one attached hydrogen (secondary N) is 1. The van der Waals surface area contributed by atoms with Crippen LogP contribution in [0.3, 0.4) is 0 Å². The zero-order valence-electron chi connectivity index (χ0n) is 15.6. The van der Waals surface area contributed by atoms with Crippen LogP contribution in [0.5, 0.6) is 0 Å². The second-order valence-electron chi connectivity index (χ2n) is 6.20. The average molecular weight is 404 g/mol. The molecular weight excluding hydrogens is 388 g/mol. The second-order valence-corrected chi connectivity index (χ2v) is 6.20. The molecule has 8 nitrogen and oxygen atoms in total. The first-order chi connectivity index (χ1) is 14.4. The third-order valence-corrected chi connectivity index (χ3v) is 4.13. The Hall–Kier alpha value is -4.33. The van der Waals surface area contributed by atoms with E-state index in [1.54, 1.807) is 42.5 Å². The Morgan fingerprint density at radius 3 is 2.17 bits per heavy atom. The van der Waals surface area contributed by atoms with Gasteiger partial charge in [-0.05, 0) is 30.3 Å². The van der Waals surface area contributed by atoms with E-state index in [1.807, 2.05) is 0 Å². The van der Waals surface area contributed by atoms with E-state index < -0.39 is 23.4 Å². The smallest absolute Gasteiger partial charge is 0.338 e. The summed E-state index contributed by atoms with van der Waals surface area (Å²) in [6.07, 6.45) is 0. The Morgan fingerprint density at radius 2 is 1.50 bits per heavy atom. The van der Waals surface area contributed by atoms with Gasteiger partial charge >= 0.3 is 5.97 Å². The Morgan fingerprint density at radius 1 is 0.833 bits per heavy atom. The van der Waals surface area contributed by atoms with E-state index in [2.05, 4.69) is 5.32 Å². The van der Waals surface area contributed by atoms with Crippen LogP contribution in [0.4, 0.5) is 11.4 Å². The summed E-state index contributed by atoms with van der Waals surface area (Å²) in [4.78, 5) is 46.7. The lowest BCUT2D eigenvalue weighted by atomic mass is 10.1. The van der Waals surface area contributed by atoms with Crippen LogP contribution in [0.2, 0.25) is 0 Å². The Balaban J connectivity index is 1.62. The quantitative estimate of drug-likeness (QED) is 0.276. The van der Waals surface area contributed by atoms with Crippen molar-refractivity contribution < 1.29 is 24.0 Å². The molecule has 0 aromatic heterocycles. The predicted octanol–water partition coefficient (Wildman–Crippen LogP) is 3.89. The molecule has 0 aliphatic heterocycles. The fourth-order valence-corrected chi connectivity index (χ4v) is 2.58. The zero-order chi connectivity index (χ0) is 21.5. The highest BCUT2D eigenvalue weighted by atomic mass is 16.6. The van der Waals surface area contributed by atoms with Gasteiger partial charge in [-0.3, -0.25) is 19.7 Å². The molecule has 3 rings (SSSR count). The summed E-state index contributed by atoms with van der Waals surface area (Å²) in [7, 11) is 0. The average Bonchev–Trinajstić information content (AvgIpc) is 2.78. The molecule has 0 aliphatic carbocycles. The SMILES string of the molecule is O=C(COC(=O)c1cccc(NC(=O)c2ccc([N+](=O)[O-])cc2)c1)c1ccccc1. The molecule has 3 aromatic rings. The Labute approximate surface area is 171 Å². The maximum atomic E-state index is 12.3. The number of carbonyl (C=O) groups excluding carboxylic acids is 3. The monoisotopic (exact) mass is 404 g/mol. The van der Waals surface area contributed by atoms with Crippen molar-refractivity contribution in [1.29, 1.82) is 0 Å². The molecule has 0 saturated carbocycles. The number of rotatable bonds is 7. The van der Waals surface area contributed by atoms with E-state index in [1.165, 1.54) is 36.4 Å². The fraction of sp³-hybridized carbons (Fsp3) is 0.0455. The van der Waals surface area contributed by atoms with Crippen molar-refractivity contribution in [3.05, 3.63) is 106 Å². The number of hydrogen-bond donors (Lipinski definition) is 1. The molecule has 0 bridgehead atoms. The van der Waals surface area contributed by atoms with E-state index in [9.17, 15) is 24.5 Å². The third-order valence-electron chi connectivity index (χ3n) is 4.13. The van der Waals surface area contributed by atoms with Gasteiger partial charge in [-0.15, -0.1) is 0 Å². The zero-order valence-corrected chi connectivity index (χ0v) is 15.6. The third kappa shape index (κ3) is 5.14. The van der Waals surface area contributed by atoms with Crippen molar-refractivity contribution in [2.45, 2.75) is 0 Å². The number of anilines is 1. The minimum absolute atomic E-state index is 0.124. The standard InChI is InChI=1S/C22H16N2O6/c25-20(15-5-2-1-3-6-15)14-30-22(27)17-7-4-8-18(13-17)23-21(26)16-9-11-19(12-10-16)24(28)29/h1-13H,14H2,(H,23,26). The van der Waals surface area contributed by atoms with Gasteiger partial charge in [0.2, 0.25) is 0 Å². The number of nitro groups is 1. The van der Waals surface area contributed by atoms with E-state index in [-0.39, 0.29) is 22.6 Å². The van der Waals surface area contributed by atoms with Crippen LogP contribution in [0.25, 0.3) is 0 Å². The van der Waals surface area contributed by atoms with Crippen molar-refractivity contribution in [2.24, 2.45) is 0 Å². The first kappa shape index (κ1) is 20.4. The molecular formula is C22H16N2O6. The van der Waals surface area contributed by atoms with Gasteiger partial charge < -0.3 is 10.1 Å².